The zero-order valence-electron chi connectivity index (χ0n) is 22.5. The zero-order valence-corrected chi connectivity index (χ0v) is 27.0. The molecule has 2 aromatic rings. The predicted molar refractivity (Wildman–Crippen MR) is 165 cm³/mol. The second-order valence-electron chi connectivity index (χ2n) is 10.8. The van der Waals surface area contributed by atoms with Crippen LogP contribution in [-0.4, -0.2) is 50.9 Å². The summed E-state index contributed by atoms with van der Waals surface area (Å²) in [6.07, 6.45) is -0.0297. The predicted octanol–water partition coefficient (Wildman–Crippen LogP) is 6.30. The first-order valence-corrected chi connectivity index (χ1v) is 15.5. The van der Waals surface area contributed by atoms with Crippen molar-refractivity contribution in [1.29, 1.82) is 0 Å². The highest BCUT2D eigenvalue weighted by Gasteiger charge is 2.87. The number of hydrogen-bond acceptors (Lipinski definition) is 6. The van der Waals surface area contributed by atoms with Crippen LogP contribution in [0.2, 0.25) is 0 Å². The van der Waals surface area contributed by atoms with Gasteiger partial charge in [-0.05, 0) is 49.7 Å². The number of rotatable bonds is 6. The summed E-state index contributed by atoms with van der Waals surface area (Å²) in [4.78, 5) is 51.9. The molecular formula is C29H22Cl6N2O6. The number of halogens is 6. The highest BCUT2D eigenvalue weighted by molar-refractivity contribution is 6.67. The molecule has 2 aliphatic heterocycles. The van der Waals surface area contributed by atoms with Gasteiger partial charge in [0.15, 0.2) is 4.33 Å². The van der Waals surface area contributed by atoms with Crippen molar-refractivity contribution in [3.05, 3.63) is 58.1 Å². The fraction of sp³-hybridized carbons (Fsp3) is 0.379. The molecule has 0 aromatic heterocycles. The van der Waals surface area contributed by atoms with Crippen LogP contribution >= 0.6 is 69.6 Å². The van der Waals surface area contributed by atoms with Gasteiger partial charge in [-0.3, -0.25) is 19.2 Å². The van der Waals surface area contributed by atoms with Gasteiger partial charge in [-0.15, -0.1) is 23.2 Å². The van der Waals surface area contributed by atoms with E-state index < -0.39 is 49.6 Å². The summed E-state index contributed by atoms with van der Waals surface area (Å²) in [5.74, 6) is -4.74. The Balaban J connectivity index is 1.21. The molecule has 2 aromatic carbocycles. The molecule has 3 fully saturated rings. The van der Waals surface area contributed by atoms with Gasteiger partial charge in [0.25, 0.3) is 0 Å². The first-order chi connectivity index (χ1) is 20.2. The number of aryl methyl sites for hydroxylation is 1. The number of nitrogens with zero attached hydrogens (tertiary/aromatic N) is 2. The van der Waals surface area contributed by atoms with Crippen molar-refractivity contribution >= 4 is 105 Å². The number of allylic oxidation sites excluding steroid dienone is 2. The molecule has 0 spiro atoms. The van der Waals surface area contributed by atoms with E-state index in [0.717, 1.165) is 4.90 Å². The van der Waals surface area contributed by atoms with Gasteiger partial charge in [-0.1, -0.05) is 58.5 Å². The fourth-order valence-corrected chi connectivity index (χ4v) is 9.36. The number of imide groups is 1. The summed E-state index contributed by atoms with van der Waals surface area (Å²) in [6, 6.07) is 11.5. The summed E-state index contributed by atoms with van der Waals surface area (Å²) < 4.78 is 9.22. The van der Waals surface area contributed by atoms with Gasteiger partial charge in [-0.2, -0.15) is 0 Å². The minimum atomic E-state index is -2.03. The summed E-state index contributed by atoms with van der Waals surface area (Å²) in [7, 11) is 0. The lowest BCUT2D eigenvalue weighted by atomic mass is 9.84. The highest BCUT2D eigenvalue weighted by atomic mass is 35.5. The van der Waals surface area contributed by atoms with Crippen LogP contribution in [0.5, 0.6) is 11.5 Å². The minimum Gasteiger partial charge on any atom is -0.492 e. The minimum absolute atomic E-state index is 0.0297. The van der Waals surface area contributed by atoms with Crippen molar-refractivity contribution in [3.63, 3.8) is 0 Å². The zero-order chi connectivity index (χ0) is 31.2. The van der Waals surface area contributed by atoms with Crippen molar-refractivity contribution in [2.24, 2.45) is 17.8 Å². The van der Waals surface area contributed by atoms with E-state index in [4.69, 9.17) is 79.1 Å². The molecule has 0 unspecified atom stereocenters. The number of fused-ring (bicyclic) bond motifs is 5. The van der Waals surface area contributed by atoms with E-state index in [1.165, 1.54) is 23.1 Å². The third-order valence-electron chi connectivity index (χ3n) is 8.45. The van der Waals surface area contributed by atoms with Crippen LogP contribution < -0.4 is 19.3 Å². The molecule has 2 heterocycles. The Morgan fingerprint density at radius 1 is 0.930 bits per heavy atom. The fourth-order valence-electron chi connectivity index (χ4n) is 6.43. The number of carbonyl (C=O) groups is 4. The van der Waals surface area contributed by atoms with Crippen LogP contribution in [0.1, 0.15) is 18.9 Å². The lowest BCUT2D eigenvalue weighted by molar-refractivity contribution is -0.139. The quantitative estimate of drug-likeness (QED) is 0.152. The normalized spacial score (nSPS) is 30.9. The molecule has 5 atom stereocenters. The number of anilines is 2. The molecule has 43 heavy (non-hydrogen) atoms. The molecule has 14 heteroatoms. The maximum Gasteiger partial charge on any atom is 0.316 e. The monoisotopic (exact) mass is 704 g/mol. The molecule has 3 amide bonds. The second-order valence-corrected chi connectivity index (χ2v) is 14.0. The Morgan fingerprint density at radius 2 is 1.53 bits per heavy atom. The summed E-state index contributed by atoms with van der Waals surface area (Å²) in [5.41, 5.74) is 1.24. The molecule has 1 saturated carbocycles. The molecule has 0 radical (unpaired) electrons. The average molecular weight is 707 g/mol. The molecule has 4 aliphatic rings. The van der Waals surface area contributed by atoms with Crippen LogP contribution in [0.3, 0.4) is 0 Å². The van der Waals surface area contributed by atoms with Gasteiger partial charge in [0.1, 0.15) is 21.2 Å². The molecule has 6 rings (SSSR count). The smallest absolute Gasteiger partial charge is 0.316 e. The van der Waals surface area contributed by atoms with Crippen LogP contribution in [0.4, 0.5) is 11.4 Å². The lowest BCUT2D eigenvalue weighted by Crippen LogP contribution is -2.50. The van der Waals surface area contributed by atoms with Gasteiger partial charge in [-0.25, -0.2) is 4.90 Å². The Morgan fingerprint density at radius 3 is 2.12 bits per heavy atom. The molecule has 2 saturated heterocycles. The van der Waals surface area contributed by atoms with Gasteiger partial charge in [0.2, 0.25) is 17.7 Å². The number of benzene rings is 2. The summed E-state index contributed by atoms with van der Waals surface area (Å²) in [5, 5.41) is -0.353. The van der Waals surface area contributed by atoms with Gasteiger partial charge >= 0.3 is 5.97 Å². The van der Waals surface area contributed by atoms with Crippen molar-refractivity contribution in [3.8, 4) is 11.5 Å². The Hall–Kier alpha value is -2.20. The first kappa shape index (κ1) is 30.8. The third kappa shape index (κ3) is 4.03. The lowest BCUT2D eigenvalue weighted by Gasteiger charge is -2.34. The average Bonchev–Trinajstić information content (AvgIpc) is 3.54. The summed E-state index contributed by atoms with van der Waals surface area (Å²) in [6.45, 7) is 4.03. The second kappa shape index (κ2) is 10.4. The van der Waals surface area contributed by atoms with E-state index in [0.29, 0.717) is 23.6 Å². The van der Waals surface area contributed by atoms with Crippen molar-refractivity contribution in [2.45, 2.75) is 34.3 Å². The number of carbonyl (C=O) groups excluding carboxylic acids is 4. The number of amides is 3. The Bertz CT molecular complexity index is 1600. The molecule has 2 bridgehead atoms. The van der Waals surface area contributed by atoms with Crippen LogP contribution in [0.25, 0.3) is 0 Å². The number of para-hydroxylation sites is 2. The highest BCUT2D eigenvalue weighted by Crippen LogP contribution is 2.77. The third-order valence-corrected chi connectivity index (χ3v) is 12.7. The number of hydrogen-bond donors (Lipinski definition) is 0. The number of esters is 1. The van der Waals surface area contributed by atoms with Crippen LogP contribution in [-0.2, 0) is 19.2 Å². The molecule has 0 N–H and O–H groups in total. The summed E-state index contributed by atoms with van der Waals surface area (Å²) >= 11 is 39.4. The first-order valence-electron chi connectivity index (χ1n) is 13.3. The maximum atomic E-state index is 13.7. The number of ether oxygens (including phenoxy) is 2. The molecular weight excluding hydrogens is 685 g/mol. The topological polar surface area (TPSA) is 93.2 Å². The van der Waals surface area contributed by atoms with E-state index in [9.17, 15) is 19.2 Å². The van der Waals surface area contributed by atoms with Crippen LogP contribution in [0, 0.1) is 24.7 Å². The standard InChI is InChI=1S/C29H22Cl6N2O6/c1-3-42-18-7-5-4-6-17(18)36-12-14(11-19(36)38)26(41)43-15-8-9-16(13(2)10-15)37-24(39)20-21(25(37)40)28(33)23(31)22(30)27(20,32)29(28,34)35/h4-10,14,20-21H,3,11-12H2,1-2H3/t14-,20+,21+,27-,28-/m1/s1. The van der Waals surface area contributed by atoms with Gasteiger partial charge in [0, 0.05) is 13.0 Å². The van der Waals surface area contributed by atoms with E-state index >= 15 is 0 Å². The van der Waals surface area contributed by atoms with Gasteiger partial charge < -0.3 is 14.4 Å². The molecule has 2 aliphatic carbocycles. The number of alkyl halides is 4. The largest absolute Gasteiger partial charge is 0.492 e. The van der Waals surface area contributed by atoms with E-state index in [2.05, 4.69) is 0 Å². The van der Waals surface area contributed by atoms with Gasteiger partial charge in [0.05, 0.1) is 45.8 Å². The Kier molecular flexibility index (Phi) is 7.47. The van der Waals surface area contributed by atoms with Crippen molar-refractivity contribution < 1.29 is 28.7 Å². The Labute approximate surface area is 276 Å². The van der Waals surface area contributed by atoms with E-state index in [1.807, 2.05) is 6.92 Å². The van der Waals surface area contributed by atoms with Crippen molar-refractivity contribution in [1.82, 2.24) is 0 Å². The maximum absolute atomic E-state index is 13.7. The molecule has 226 valence electrons. The van der Waals surface area contributed by atoms with Crippen LogP contribution in [0.15, 0.2) is 52.5 Å². The van der Waals surface area contributed by atoms with E-state index in [1.54, 1.807) is 31.2 Å². The SMILES string of the molecule is CCOc1ccccc1N1C[C@H](C(=O)Oc2ccc(N3C(=O)[C@@H]4[C@@H](C3=O)[C@@]3(Cl)C(Cl)=C(Cl)[C@@]4(Cl)C3(Cl)Cl)c(C)c2)CC1=O. The van der Waals surface area contributed by atoms with E-state index in [-0.39, 0.29) is 40.4 Å². The molecule has 8 nitrogen and oxygen atoms in total. The van der Waals surface area contributed by atoms with Crippen molar-refractivity contribution in [2.75, 3.05) is 23.0 Å².